The molecule has 2 N–H and O–H groups in total. The van der Waals surface area contributed by atoms with Crippen molar-refractivity contribution in [1.82, 2.24) is 9.88 Å². The minimum atomic E-state index is -3.72. The molecule has 0 radical (unpaired) electrons. The maximum Gasteiger partial charge on any atom is 0.246 e. The molecule has 6 nitrogen and oxygen atoms in total. The zero-order valence-corrected chi connectivity index (χ0v) is 14.3. The predicted octanol–water partition coefficient (Wildman–Crippen LogP) is 1.96. The molecule has 1 atom stereocenters. The highest BCUT2D eigenvalue weighted by Gasteiger charge is 2.16. The van der Waals surface area contributed by atoms with Crippen molar-refractivity contribution in [3.05, 3.63) is 66.0 Å². The number of pyridine rings is 1. The third-order valence-electron chi connectivity index (χ3n) is 3.72. The van der Waals surface area contributed by atoms with E-state index in [9.17, 15) is 13.2 Å². The van der Waals surface area contributed by atoms with Crippen molar-refractivity contribution in [2.75, 3.05) is 7.05 Å². The number of carbonyl (C=O) groups is 1. The number of nitrogens with two attached hydrogens (primary N) is 1. The number of carbonyl (C=O) groups excluding carboxylic acids is 1. The van der Waals surface area contributed by atoms with Gasteiger partial charge in [-0.15, -0.1) is 0 Å². The highest BCUT2D eigenvalue weighted by atomic mass is 32.2. The smallest absolute Gasteiger partial charge is 0.246 e. The van der Waals surface area contributed by atoms with Gasteiger partial charge in [-0.05, 0) is 42.3 Å². The quantitative estimate of drug-likeness (QED) is 0.838. The van der Waals surface area contributed by atoms with Gasteiger partial charge in [-0.25, -0.2) is 13.6 Å². The van der Waals surface area contributed by atoms with E-state index in [1.165, 1.54) is 18.2 Å². The van der Waals surface area contributed by atoms with Crippen LogP contribution < -0.4 is 5.14 Å². The SMILES string of the molecule is CC(c1ccc(S(N)(=O)=O)cc1)N(C)C(=O)/C=C/c1cccnc1. The van der Waals surface area contributed by atoms with Crippen LogP contribution in [-0.2, 0) is 14.8 Å². The molecule has 0 aliphatic heterocycles. The fourth-order valence-electron chi connectivity index (χ4n) is 2.11. The summed E-state index contributed by atoms with van der Waals surface area (Å²) >= 11 is 0. The number of amides is 1. The monoisotopic (exact) mass is 345 g/mol. The maximum absolute atomic E-state index is 12.3. The van der Waals surface area contributed by atoms with E-state index in [-0.39, 0.29) is 16.8 Å². The number of aromatic nitrogens is 1. The van der Waals surface area contributed by atoms with Crippen molar-refractivity contribution < 1.29 is 13.2 Å². The van der Waals surface area contributed by atoms with Crippen molar-refractivity contribution >= 4 is 22.0 Å². The number of primary sulfonamides is 1. The summed E-state index contributed by atoms with van der Waals surface area (Å²) < 4.78 is 22.6. The molecule has 1 amide bonds. The summed E-state index contributed by atoms with van der Waals surface area (Å²) in [5, 5.41) is 5.08. The van der Waals surface area contributed by atoms with Gasteiger partial charge in [0.05, 0.1) is 10.9 Å². The molecule has 0 fully saturated rings. The fourth-order valence-corrected chi connectivity index (χ4v) is 2.63. The van der Waals surface area contributed by atoms with Gasteiger partial charge >= 0.3 is 0 Å². The zero-order valence-electron chi connectivity index (χ0n) is 13.5. The van der Waals surface area contributed by atoms with Crippen LogP contribution in [0.4, 0.5) is 0 Å². The first-order valence-corrected chi connectivity index (χ1v) is 8.81. The summed E-state index contributed by atoms with van der Waals surface area (Å²) in [7, 11) is -2.03. The summed E-state index contributed by atoms with van der Waals surface area (Å²) in [6.45, 7) is 1.86. The number of benzene rings is 1. The summed E-state index contributed by atoms with van der Waals surface area (Å²) in [6.07, 6.45) is 6.51. The Bertz CT molecular complexity index is 831. The minimum absolute atomic E-state index is 0.0453. The largest absolute Gasteiger partial charge is 0.335 e. The fraction of sp³-hybridized carbons (Fsp3) is 0.176. The second-order valence-corrected chi connectivity index (χ2v) is 6.92. The number of rotatable bonds is 5. The Labute approximate surface area is 141 Å². The average molecular weight is 345 g/mol. The second kappa shape index (κ2) is 7.37. The Morgan fingerprint density at radius 2 is 1.92 bits per heavy atom. The number of hydrogen-bond donors (Lipinski definition) is 1. The zero-order chi connectivity index (χ0) is 17.7. The van der Waals surface area contributed by atoms with Gasteiger partial charge in [0.25, 0.3) is 0 Å². The molecule has 0 aliphatic carbocycles. The molecule has 7 heteroatoms. The molecule has 2 aromatic rings. The van der Waals surface area contributed by atoms with E-state index >= 15 is 0 Å². The van der Waals surface area contributed by atoms with Gasteiger partial charge < -0.3 is 4.90 Å². The maximum atomic E-state index is 12.3. The summed E-state index contributed by atoms with van der Waals surface area (Å²) in [5.74, 6) is -0.165. The highest BCUT2D eigenvalue weighted by Crippen LogP contribution is 2.20. The summed E-state index contributed by atoms with van der Waals surface area (Å²) in [5.41, 5.74) is 1.65. The van der Waals surface area contributed by atoms with E-state index in [0.29, 0.717) is 0 Å². The molecule has 2 rings (SSSR count). The lowest BCUT2D eigenvalue weighted by Gasteiger charge is -2.24. The van der Waals surface area contributed by atoms with Crippen molar-refractivity contribution in [1.29, 1.82) is 0 Å². The van der Waals surface area contributed by atoms with Crippen LogP contribution >= 0.6 is 0 Å². The predicted molar refractivity (Wildman–Crippen MR) is 92.3 cm³/mol. The number of hydrogen-bond acceptors (Lipinski definition) is 4. The molecule has 0 saturated carbocycles. The molecule has 1 aromatic heterocycles. The highest BCUT2D eigenvalue weighted by molar-refractivity contribution is 7.89. The lowest BCUT2D eigenvalue weighted by Crippen LogP contribution is -2.28. The first-order valence-electron chi connectivity index (χ1n) is 7.26. The summed E-state index contributed by atoms with van der Waals surface area (Å²) in [4.78, 5) is 17.9. The number of nitrogens with zero attached hydrogens (tertiary/aromatic N) is 2. The van der Waals surface area contributed by atoms with Gasteiger partial charge in [-0.2, -0.15) is 0 Å². The third kappa shape index (κ3) is 4.50. The van der Waals surface area contributed by atoms with Gasteiger partial charge in [-0.1, -0.05) is 18.2 Å². The Hall–Kier alpha value is -2.51. The third-order valence-corrected chi connectivity index (χ3v) is 4.65. The molecule has 0 saturated heterocycles. The van der Waals surface area contributed by atoms with Crippen LogP contribution in [-0.4, -0.2) is 31.3 Å². The Morgan fingerprint density at radius 1 is 1.25 bits per heavy atom. The van der Waals surface area contributed by atoms with Crippen LogP contribution in [0.25, 0.3) is 6.08 Å². The van der Waals surface area contributed by atoms with Gasteiger partial charge in [-0.3, -0.25) is 9.78 Å². The van der Waals surface area contributed by atoms with E-state index in [1.54, 1.807) is 48.6 Å². The lowest BCUT2D eigenvalue weighted by atomic mass is 10.1. The van der Waals surface area contributed by atoms with E-state index in [4.69, 9.17) is 5.14 Å². The standard InChI is InChI=1S/C17H19N3O3S/c1-13(15-6-8-16(9-7-15)24(18,22)23)20(2)17(21)10-5-14-4-3-11-19-12-14/h3-13H,1-2H3,(H2,18,22,23)/b10-5+. The number of sulfonamides is 1. The minimum Gasteiger partial charge on any atom is -0.335 e. The molecule has 1 heterocycles. The van der Waals surface area contributed by atoms with Crippen LogP contribution in [0.1, 0.15) is 24.1 Å². The van der Waals surface area contributed by atoms with Crippen molar-refractivity contribution in [3.8, 4) is 0 Å². The molecule has 0 aliphatic rings. The van der Waals surface area contributed by atoms with E-state index < -0.39 is 10.0 Å². The normalized spacial score (nSPS) is 13.0. The van der Waals surface area contributed by atoms with E-state index in [1.807, 2.05) is 13.0 Å². The molecular formula is C17H19N3O3S. The van der Waals surface area contributed by atoms with E-state index in [2.05, 4.69) is 4.98 Å². The first kappa shape index (κ1) is 17.8. The van der Waals surface area contributed by atoms with Crippen LogP contribution in [0.5, 0.6) is 0 Å². The molecule has 24 heavy (non-hydrogen) atoms. The molecular weight excluding hydrogens is 326 g/mol. The number of likely N-dealkylation sites (N-methyl/N-ethyl adjacent to an activating group) is 1. The molecule has 0 spiro atoms. The van der Waals surface area contributed by atoms with Gasteiger partial charge in [0.2, 0.25) is 15.9 Å². The van der Waals surface area contributed by atoms with Crippen LogP contribution in [0.2, 0.25) is 0 Å². The van der Waals surface area contributed by atoms with Gasteiger partial charge in [0.15, 0.2) is 0 Å². The summed E-state index contributed by atoms with van der Waals surface area (Å²) in [6, 6.07) is 9.61. The first-order chi connectivity index (χ1) is 11.3. The second-order valence-electron chi connectivity index (χ2n) is 5.36. The molecule has 126 valence electrons. The van der Waals surface area contributed by atoms with Gasteiger partial charge in [0.1, 0.15) is 0 Å². The Balaban J connectivity index is 2.09. The van der Waals surface area contributed by atoms with E-state index in [0.717, 1.165) is 11.1 Å². The topological polar surface area (TPSA) is 93.4 Å². The van der Waals surface area contributed by atoms with Crippen molar-refractivity contribution in [2.45, 2.75) is 17.9 Å². The Morgan fingerprint density at radius 3 is 2.46 bits per heavy atom. The lowest BCUT2D eigenvalue weighted by molar-refractivity contribution is -0.126. The van der Waals surface area contributed by atoms with Crippen LogP contribution in [0.3, 0.4) is 0 Å². The van der Waals surface area contributed by atoms with Gasteiger partial charge in [0, 0.05) is 25.5 Å². The Kier molecular flexibility index (Phi) is 5.48. The van der Waals surface area contributed by atoms with Crippen molar-refractivity contribution in [2.24, 2.45) is 5.14 Å². The van der Waals surface area contributed by atoms with Crippen LogP contribution in [0, 0.1) is 0 Å². The molecule has 1 unspecified atom stereocenters. The molecule has 0 bridgehead atoms. The van der Waals surface area contributed by atoms with Crippen LogP contribution in [0.15, 0.2) is 59.8 Å². The average Bonchev–Trinajstić information content (AvgIpc) is 2.58. The van der Waals surface area contributed by atoms with Crippen molar-refractivity contribution in [3.63, 3.8) is 0 Å². The molecule has 1 aromatic carbocycles.